The first-order chi connectivity index (χ1) is 10.1. The van der Waals surface area contributed by atoms with Gasteiger partial charge in [-0.3, -0.25) is 0 Å². The van der Waals surface area contributed by atoms with Crippen LogP contribution in [0.5, 0.6) is 11.5 Å². The Labute approximate surface area is 120 Å². The predicted octanol–water partition coefficient (Wildman–Crippen LogP) is 4.98. The van der Waals surface area contributed by atoms with Crippen molar-refractivity contribution in [3.05, 3.63) is 48.0 Å². The highest BCUT2D eigenvalue weighted by Crippen LogP contribution is 2.40. The SMILES string of the molecule is Oc1ccc(-c2ccccc2OC(F)(F)F)cc1C(F)(F)F. The normalized spacial score (nSPS) is 12.3. The van der Waals surface area contributed by atoms with Crippen LogP contribution in [0.15, 0.2) is 42.5 Å². The van der Waals surface area contributed by atoms with Crippen LogP contribution < -0.4 is 4.74 Å². The van der Waals surface area contributed by atoms with Crippen molar-refractivity contribution in [1.82, 2.24) is 0 Å². The van der Waals surface area contributed by atoms with Crippen LogP contribution in [0.25, 0.3) is 11.1 Å². The highest BCUT2D eigenvalue weighted by Gasteiger charge is 2.35. The van der Waals surface area contributed by atoms with Gasteiger partial charge in [-0.2, -0.15) is 13.2 Å². The number of hydrogen-bond donors (Lipinski definition) is 1. The van der Waals surface area contributed by atoms with Gasteiger partial charge in [0.1, 0.15) is 11.5 Å². The van der Waals surface area contributed by atoms with Crippen LogP contribution in [0.3, 0.4) is 0 Å². The van der Waals surface area contributed by atoms with Crippen LogP contribution in [0.4, 0.5) is 26.3 Å². The van der Waals surface area contributed by atoms with Gasteiger partial charge in [-0.1, -0.05) is 24.3 Å². The molecule has 0 unspecified atom stereocenters. The molecule has 0 saturated carbocycles. The van der Waals surface area contributed by atoms with Crippen molar-refractivity contribution in [3.63, 3.8) is 0 Å². The summed E-state index contributed by atoms with van der Waals surface area (Å²) in [5.41, 5.74) is -1.68. The van der Waals surface area contributed by atoms with E-state index >= 15 is 0 Å². The summed E-state index contributed by atoms with van der Waals surface area (Å²) in [6.45, 7) is 0. The Morgan fingerprint density at radius 3 is 2.09 bits per heavy atom. The number of benzene rings is 2. The third-order valence-electron chi connectivity index (χ3n) is 2.73. The molecule has 0 aliphatic heterocycles. The number of phenols is 1. The van der Waals surface area contributed by atoms with E-state index in [0.717, 1.165) is 18.2 Å². The van der Waals surface area contributed by atoms with Crippen LogP contribution in [-0.2, 0) is 6.18 Å². The Morgan fingerprint density at radius 2 is 1.50 bits per heavy atom. The first kappa shape index (κ1) is 16.0. The van der Waals surface area contributed by atoms with Gasteiger partial charge in [0.2, 0.25) is 0 Å². The molecule has 2 nitrogen and oxygen atoms in total. The van der Waals surface area contributed by atoms with Gasteiger partial charge in [-0.15, -0.1) is 13.2 Å². The molecule has 22 heavy (non-hydrogen) atoms. The molecule has 0 saturated heterocycles. The van der Waals surface area contributed by atoms with Gasteiger partial charge in [-0.05, 0) is 23.8 Å². The summed E-state index contributed by atoms with van der Waals surface area (Å²) in [5, 5.41) is 9.24. The molecular formula is C14H8F6O2. The van der Waals surface area contributed by atoms with Gasteiger partial charge in [0.05, 0.1) is 5.56 Å². The molecular weight excluding hydrogens is 314 g/mol. The number of aromatic hydroxyl groups is 1. The summed E-state index contributed by atoms with van der Waals surface area (Å²) < 4.78 is 79.0. The fourth-order valence-corrected chi connectivity index (χ4v) is 1.85. The molecule has 1 N–H and O–H groups in total. The Kier molecular flexibility index (Phi) is 3.95. The average molecular weight is 322 g/mol. The molecule has 0 radical (unpaired) electrons. The Balaban J connectivity index is 2.54. The van der Waals surface area contributed by atoms with Crippen molar-refractivity contribution in [2.75, 3.05) is 0 Å². The number of hydrogen-bond acceptors (Lipinski definition) is 2. The monoisotopic (exact) mass is 322 g/mol. The zero-order chi connectivity index (χ0) is 16.5. The summed E-state index contributed by atoms with van der Waals surface area (Å²) >= 11 is 0. The van der Waals surface area contributed by atoms with Crippen molar-refractivity contribution in [3.8, 4) is 22.6 Å². The largest absolute Gasteiger partial charge is 0.573 e. The molecule has 0 bridgehead atoms. The molecule has 0 aliphatic rings. The molecule has 0 spiro atoms. The van der Waals surface area contributed by atoms with E-state index in [1.54, 1.807) is 0 Å². The molecule has 118 valence electrons. The van der Waals surface area contributed by atoms with Gasteiger partial charge in [0, 0.05) is 5.56 Å². The number of phenolic OH excluding ortho intramolecular Hbond substituents is 1. The fourth-order valence-electron chi connectivity index (χ4n) is 1.85. The topological polar surface area (TPSA) is 29.5 Å². The minimum Gasteiger partial charge on any atom is -0.507 e. The first-order valence-corrected chi connectivity index (χ1v) is 5.83. The molecule has 0 aromatic heterocycles. The number of alkyl halides is 6. The number of para-hydroxylation sites is 1. The van der Waals surface area contributed by atoms with Crippen LogP contribution in [0, 0.1) is 0 Å². The maximum absolute atomic E-state index is 12.7. The zero-order valence-corrected chi connectivity index (χ0v) is 10.7. The summed E-state index contributed by atoms with van der Waals surface area (Å²) in [6.07, 6.45) is -9.81. The molecule has 0 aliphatic carbocycles. The third kappa shape index (κ3) is 3.63. The fraction of sp³-hybridized carbons (Fsp3) is 0.143. The summed E-state index contributed by atoms with van der Waals surface area (Å²) in [7, 11) is 0. The number of ether oxygens (including phenoxy) is 1. The number of rotatable bonds is 2. The van der Waals surface area contributed by atoms with Crippen molar-refractivity contribution in [2.24, 2.45) is 0 Å². The van der Waals surface area contributed by atoms with Crippen molar-refractivity contribution < 1.29 is 36.2 Å². The minimum absolute atomic E-state index is 0.162. The predicted molar refractivity (Wildman–Crippen MR) is 65.2 cm³/mol. The van der Waals surface area contributed by atoms with Gasteiger partial charge < -0.3 is 9.84 Å². The summed E-state index contributed by atoms with van der Waals surface area (Å²) in [4.78, 5) is 0. The van der Waals surface area contributed by atoms with Gasteiger partial charge >= 0.3 is 12.5 Å². The lowest BCUT2D eigenvalue weighted by molar-refractivity contribution is -0.274. The van der Waals surface area contributed by atoms with Crippen LogP contribution >= 0.6 is 0 Å². The lowest BCUT2D eigenvalue weighted by atomic mass is 10.0. The van der Waals surface area contributed by atoms with E-state index in [1.165, 1.54) is 18.2 Å². The number of halogens is 6. The minimum atomic E-state index is -4.97. The molecule has 2 rings (SSSR count). The van der Waals surface area contributed by atoms with Gasteiger partial charge in [0.15, 0.2) is 0 Å². The van der Waals surface area contributed by atoms with Gasteiger partial charge in [-0.25, -0.2) is 0 Å². The second kappa shape index (κ2) is 5.43. The van der Waals surface area contributed by atoms with E-state index in [9.17, 15) is 31.4 Å². The quantitative estimate of drug-likeness (QED) is 0.791. The highest BCUT2D eigenvalue weighted by atomic mass is 19.4. The standard InChI is InChI=1S/C14H8F6O2/c15-13(16,17)10-7-8(5-6-11(10)21)9-3-1-2-4-12(9)22-14(18,19)20/h1-7,21H. The molecule has 2 aromatic carbocycles. The summed E-state index contributed by atoms with van der Waals surface area (Å²) in [5.74, 6) is -1.64. The maximum Gasteiger partial charge on any atom is 0.573 e. The lowest BCUT2D eigenvalue weighted by Gasteiger charge is -2.15. The smallest absolute Gasteiger partial charge is 0.507 e. The second-order valence-electron chi connectivity index (χ2n) is 4.27. The van der Waals surface area contributed by atoms with E-state index in [1.807, 2.05) is 0 Å². The molecule has 0 amide bonds. The third-order valence-corrected chi connectivity index (χ3v) is 2.73. The molecule has 0 fully saturated rings. The molecule has 0 atom stereocenters. The average Bonchev–Trinajstić information content (AvgIpc) is 2.37. The Bertz CT molecular complexity index is 676. The van der Waals surface area contributed by atoms with Crippen LogP contribution in [0.1, 0.15) is 5.56 Å². The van der Waals surface area contributed by atoms with E-state index < -0.39 is 29.6 Å². The molecule has 2 aromatic rings. The second-order valence-corrected chi connectivity index (χ2v) is 4.27. The molecule has 8 heteroatoms. The first-order valence-electron chi connectivity index (χ1n) is 5.83. The highest BCUT2D eigenvalue weighted by molar-refractivity contribution is 5.72. The van der Waals surface area contributed by atoms with E-state index in [-0.39, 0.29) is 11.1 Å². The Hall–Kier alpha value is -2.38. The van der Waals surface area contributed by atoms with Gasteiger partial charge in [0.25, 0.3) is 0 Å². The summed E-state index contributed by atoms with van der Waals surface area (Å²) in [6, 6.07) is 7.20. The van der Waals surface area contributed by atoms with E-state index in [4.69, 9.17) is 0 Å². The zero-order valence-electron chi connectivity index (χ0n) is 10.7. The van der Waals surface area contributed by atoms with E-state index in [2.05, 4.69) is 4.74 Å². The Morgan fingerprint density at radius 1 is 0.864 bits per heavy atom. The van der Waals surface area contributed by atoms with Crippen LogP contribution in [-0.4, -0.2) is 11.5 Å². The maximum atomic E-state index is 12.7. The lowest BCUT2D eigenvalue weighted by Crippen LogP contribution is -2.17. The van der Waals surface area contributed by atoms with Crippen molar-refractivity contribution in [2.45, 2.75) is 12.5 Å². The van der Waals surface area contributed by atoms with Crippen molar-refractivity contribution in [1.29, 1.82) is 0 Å². The van der Waals surface area contributed by atoms with E-state index in [0.29, 0.717) is 6.07 Å². The van der Waals surface area contributed by atoms with Crippen molar-refractivity contribution >= 4 is 0 Å². The molecule has 0 heterocycles. The van der Waals surface area contributed by atoms with Crippen LogP contribution in [0.2, 0.25) is 0 Å².